The van der Waals surface area contributed by atoms with Crippen molar-refractivity contribution >= 4 is 11.9 Å². The summed E-state index contributed by atoms with van der Waals surface area (Å²) in [6.07, 6.45) is 4.05. The number of hydrogen-bond donors (Lipinski definition) is 0. The fourth-order valence-electron chi connectivity index (χ4n) is 2.93. The lowest BCUT2D eigenvalue weighted by atomic mass is 9.86. The van der Waals surface area contributed by atoms with Gasteiger partial charge >= 0.3 is 0 Å². The standard InChI is InChI=1S/C24H22O/c1-19-12-15-22(16-13-19)24(21-10-6-3-7-11-21)18-23(25)17-14-20-8-4-2-5-9-20/h2-17,24H,18H2,1H3. The van der Waals surface area contributed by atoms with E-state index in [2.05, 4.69) is 43.3 Å². The van der Waals surface area contributed by atoms with E-state index in [-0.39, 0.29) is 11.7 Å². The molecule has 3 aromatic carbocycles. The lowest BCUT2D eigenvalue weighted by Crippen LogP contribution is -2.07. The van der Waals surface area contributed by atoms with E-state index in [1.807, 2.05) is 54.6 Å². The number of benzene rings is 3. The largest absolute Gasteiger partial charge is 0.295 e. The molecular weight excluding hydrogens is 304 g/mol. The third kappa shape index (κ3) is 4.77. The van der Waals surface area contributed by atoms with E-state index in [1.165, 1.54) is 16.7 Å². The first kappa shape index (κ1) is 16.9. The minimum absolute atomic E-state index is 0.0784. The molecule has 1 atom stereocenters. The van der Waals surface area contributed by atoms with Crippen LogP contribution in [-0.4, -0.2) is 5.78 Å². The molecule has 0 bridgehead atoms. The highest BCUT2D eigenvalue weighted by Gasteiger charge is 2.16. The van der Waals surface area contributed by atoms with Gasteiger partial charge in [0.25, 0.3) is 0 Å². The third-order valence-corrected chi connectivity index (χ3v) is 4.35. The predicted molar refractivity (Wildman–Crippen MR) is 105 cm³/mol. The number of hydrogen-bond acceptors (Lipinski definition) is 1. The van der Waals surface area contributed by atoms with Gasteiger partial charge < -0.3 is 0 Å². The van der Waals surface area contributed by atoms with Crippen molar-refractivity contribution in [1.82, 2.24) is 0 Å². The Hall–Kier alpha value is -2.93. The van der Waals surface area contributed by atoms with Crippen LogP contribution in [0.15, 0.2) is 91.0 Å². The van der Waals surface area contributed by atoms with Crippen LogP contribution in [-0.2, 0) is 4.79 Å². The monoisotopic (exact) mass is 326 g/mol. The van der Waals surface area contributed by atoms with Crippen LogP contribution in [0.25, 0.3) is 6.08 Å². The Kier molecular flexibility index (Phi) is 5.58. The second kappa shape index (κ2) is 8.25. The first-order valence-corrected chi connectivity index (χ1v) is 8.60. The minimum Gasteiger partial charge on any atom is -0.295 e. The predicted octanol–water partition coefficient (Wildman–Crippen LogP) is 5.80. The van der Waals surface area contributed by atoms with Crippen molar-refractivity contribution in [2.75, 3.05) is 0 Å². The van der Waals surface area contributed by atoms with Gasteiger partial charge in [0.2, 0.25) is 0 Å². The summed E-state index contributed by atoms with van der Waals surface area (Å²) in [5.41, 5.74) is 4.62. The van der Waals surface area contributed by atoms with Crippen LogP contribution in [0.3, 0.4) is 0 Å². The molecule has 0 fully saturated rings. The molecule has 0 aliphatic rings. The van der Waals surface area contributed by atoms with E-state index in [4.69, 9.17) is 0 Å². The van der Waals surface area contributed by atoms with Gasteiger partial charge in [-0.05, 0) is 29.7 Å². The average molecular weight is 326 g/mol. The average Bonchev–Trinajstić information content (AvgIpc) is 2.67. The first-order chi connectivity index (χ1) is 12.2. The van der Waals surface area contributed by atoms with E-state index < -0.39 is 0 Å². The van der Waals surface area contributed by atoms with Crippen LogP contribution in [0.4, 0.5) is 0 Å². The molecule has 0 spiro atoms. The van der Waals surface area contributed by atoms with Crippen molar-refractivity contribution < 1.29 is 4.79 Å². The Morgan fingerprint density at radius 1 is 0.800 bits per heavy atom. The first-order valence-electron chi connectivity index (χ1n) is 8.60. The molecule has 124 valence electrons. The molecule has 1 heteroatoms. The lowest BCUT2D eigenvalue weighted by molar-refractivity contribution is -0.114. The lowest BCUT2D eigenvalue weighted by Gasteiger charge is -2.17. The van der Waals surface area contributed by atoms with E-state index >= 15 is 0 Å². The molecule has 0 aliphatic heterocycles. The molecule has 0 aliphatic carbocycles. The summed E-state index contributed by atoms with van der Waals surface area (Å²) >= 11 is 0. The summed E-state index contributed by atoms with van der Waals surface area (Å²) in [5.74, 6) is 0.216. The quantitative estimate of drug-likeness (QED) is 0.523. The van der Waals surface area contributed by atoms with Crippen LogP contribution in [0, 0.1) is 6.92 Å². The molecule has 0 saturated heterocycles. The highest BCUT2D eigenvalue weighted by atomic mass is 16.1. The second-order valence-corrected chi connectivity index (χ2v) is 6.29. The molecule has 0 aromatic heterocycles. The fourth-order valence-corrected chi connectivity index (χ4v) is 2.93. The topological polar surface area (TPSA) is 17.1 Å². The Morgan fingerprint density at radius 2 is 1.36 bits per heavy atom. The molecule has 0 N–H and O–H groups in total. The molecule has 0 amide bonds. The molecular formula is C24H22O. The van der Waals surface area contributed by atoms with Crippen molar-refractivity contribution in [2.24, 2.45) is 0 Å². The van der Waals surface area contributed by atoms with Crippen molar-refractivity contribution in [3.8, 4) is 0 Å². The second-order valence-electron chi connectivity index (χ2n) is 6.29. The molecule has 0 radical (unpaired) electrons. The molecule has 25 heavy (non-hydrogen) atoms. The van der Waals surface area contributed by atoms with Gasteiger partial charge in [0, 0.05) is 12.3 Å². The highest BCUT2D eigenvalue weighted by molar-refractivity contribution is 5.94. The molecule has 0 heterocycles. The normalized spacial score (nSPS) is 12.2. The van der Waals surface area contributed by atoms with Gasteiger partial charge in [0.05, 0.1) is 0 Å². The Bertz CT molecular complexity index is 830. The van der Waals surface area contributed by atoms with Gasteiger partial charge in [-0.3, -0.25) is 4.79 Å². The van der Waals surface area contributed by atoms with Crippen LogP contribution in [0.5, 0.6) is 0 Å². The van der Waals surface area contributed by atoms with Gasteiger partial charge in [-0.2, -0.15) is 0 Å². The summed E-state index contributed by atoms with van der Waals surface area (Å²) in [5, 5.41) is 0. The smallest absolute Gasteiger partial charge is 0.156 e. The van der Waals surface area contributed by atoms with Gasteiger partial charge in [-0.15, -0.1) is 0 Å². The van der Waals surface area contributed by atoms with Gasteiger partial charge in [-0.1, -0.05) is 96.6 Å². The number of carbonyl (C=O) groups is 1. The number of allylic oxidation sites excluding steroid dienone is 1. The maximum atomic E-state index is 12.6. The SMILES string of the molecule is Cc1ccc(C(CC(=O)C=Cc2ccccc2)c2ccccc2)cc1. The van der Waals surface area contributed by atoms with Crippen molar-refractivity contribution in [3.05, 3.63) is 113 Å². The zero-order valence-corrected chi connectivity index (χ0v) is 14.4. The van der Waals surface area contributed by atoms with E-state index in [1.54, 1.807) is 6.08 Å². The van der Waals surface area contributed by atoms with Crippen molar-refractivity contribution in [1.29, 1.82) is 0 Å². The summed E-state index contributed by atoms with van der Waals surface area (Å²) in [6, 6.07) is 28.6. The van der Waals surface area contributed by atoms with Gasteiger partial charge in [0.15, 0.2) is 5.78 Å². The number of carbonyl (C=O) groups excluding carboxylic acids is 1. The van der Waals surface area contributed by atoms with Crippen LogP contribution >= 0.6 is 0 Å². The zero-order chi connectivity index (χ0) is 17.5. The molecule has 1 nitrogen and oxygen atoms in total. The van der Waals surface area contributed by atoms with Crippen molar-refractivity contribution in [2.45, 2.75) is 19.3 Å². The van der Waals surface area contributed by atoms with Gasteiger partial charge in [-0.25, -0.2) is 0 Å². The fraction of sp³-hybridized carbons (Fsp3) is 0.125. The number of aryl methyl sites for hydroxylation is 1. The van der Waals surface area contributed by atoms with Crippen molar-refractivity contribution in [3.63, 3.8) is 0 Å². The molecule has 0 saturated carbocycles. The molecule has 1 unspecified atom stereocenters. The van der Waals surface area contributed by atoms with Crippen LogP contribution < -0.4 is 0 Å². The maximum absolute atomic E-state index is 12.6. The summed E-state index contributed by atoms with van der Waals surface area (Å²) in [6.45, 7) is 2.08. The van der Waals surface area contributed by atoms with Gasteiger partial charge in [0.1, 0.15) is 0 Å². The molecule has 3 aromatic rings. The molecule has 3 rings (SSSR count). The summed E-state index contributed by atoms with van der Waals surface area (Å²) in [7, 11) is 0. The zero-order valence-electron chi connectivity index (χ0n) is 14.4. The Labute approximate surface area is 149 Å². The van der Waals surface area contributed by atoms with Crippen LogP contribution in [0.1, 0.15) is 34.6 Å². The van der Waals surface area contributed by atoms with Crippen LogP contribution in [0.2, 0.25) is 0 Å². The third-order valence-electron chi connectivity index (χ3n) is 4.35. The highest BCUT2D eigenvalue weighted by Crippen LogP contribution is 2.28. The Balaban J connectivity index is 1.81. The maximum Gasteiger partial charge on any atom is 0.156 e. The number of rotatable bonds is 6. The summed E-state index contributed by atoms with van der Waals surface area (Å²) in [4.78, 5) is 12.6. The number of ketones is 1. The van der Waals surface area contributed by atoms with E-state index in [9.17, 15) is 4.79 Å². The Morgan fingerprint density at radius 3 is 2.00 bits per heavy atom. The van der Waals surface area contributed by atoms with E-state index in [0.29, 0.717) is 6.42 Å². The minimum atomic E-state index is 0.0784. The van der Waals surface area contributed by atoms with E-state index in [0.717, 1.165) is 5.56 Å². The summed E-state index contributed by atoms with van der Waals surface area (Å²) < 4.78 is 0.